The molecule has 25 heavy (non-hydrogen) atoms. The monoisotopic (exact) mass is 347 g/mol. The summed E-state index contributed by atoms with van der Waals surface area (Å²) in [5.74, 6) is -0.000381. The highest BCUT2D eigenvalue weighted by Gasteiger charge is 2.29. The van der Waals surface area contributed by atoms with Crippen molar-refractivity contribution in [2.45, 2.75) is 19.6 Å². The first-order chi connectivity index (χ1) is 12.0. The number of aliphatic hydroxyl groups excluding tert-OH is 1. The highest BCUT2D eigenvalue weighted by atomic mass is 19.1. The number of likely N-dealkylation sites (N-methyl/N-ethyl adjacent to an activating group) is 1. The van der Waals surface area contributed by atoms with Crippen molar-refractivity contribution >= 4 is 16.6 Å². The Kier molecular flexibility index (Phi) is 3.92. The molecule has 1 N–H and O–H groups in total. The summed E-state index contributed by atoms with van der Waals surface area (Å²) in [7, 11) is 2.05. The molecule has 1 atom stereocenters. The highest BCUT2D eigenvalue weighted by molar-refractivity contribution is 5.92. The zero-order valence-corrected chi connectivity index (χ0v) is 14.5. The predicted molar refractivity (Wildman–Crippen MR) is 94.0 cm³/mol. The molecule has 1 fully saturated rings. The number of pyridine rings is 1. The van der Waals surface area contributed by atoms with E-state index in [2.05, 4.69) is 4.90 Å². The highest BCUT2D eigenvalue weighted by Crippen LogP contribution is 2.41. The van der Waals surface area contributed by atoms with Gasteiger partial charge in [-0.05, 0) is 20.0 Å². The molecule has 1 saturated heterocycles. The van der Waals surface area contributed by atoms with Crippen molar-refractivity contribution in [3.8, 4) is 5.75 Å². The maximum atomic E-state index is 15.0. The van der Waals surface area contributed by atoms with E-state index in [9.17, 15) is 14.3 Å². The number of rotatable bonds is 2. The Balaban J connectivity index is 1.98. The molecule has 0 saturated carbocycles. The lowest BCUT2D eigenvalue weighted by atomic mass is 10.1. The van der Waals surface area contributed by atoms with Crippen LogP contribution in [0.25, 0.3) is 10.9 Å². The SMILES string of the molecule is C[C@H]1COc2c(N3CCN(C)CC3)c(F)cc3c(=O)c(CO)cn1c23. The van der Waals surface area contributed by atoms with Crippen molar-refractivity contribution in [3.05, 3.63) is 33.9 Å². The number of aromatic nitrogens is 1. The third kappa shape index (κ3) is 2.49. The fourth-order valence-electron chi connectivity index (χ4n) is 3.71. The number of halogens is 1. The van der Waals surface area contributed by atoms with Gasteiger partial charge in [0, 0.05) is 37.9 Å². The van der Waals surface area contributed by atoms with Crippen LogP contribution in [0.5, 0.6) is 5.75 Å². The van der Waals surface area contributed by atoms with E-state index >= 15 is 0 Å². The van der Waals surface area contributed by atoms with Gasteiger partial charge in [-0.15, -0.1) is 0 Å². The standard InChI is InChI=1S/C18H22FN3O3/c1-11-10-25-18-15-13(17(24)12(9-23)8-22(11)15)7-14(19)16(18)21-5-3-20(2)4-6-21/h7-8,11,23H,3-6,9-10H2,1-2H3/t11-/m0/s1. The molecular weight excluding hydrogens is 325 g/mol. The third-order valence-electron chi connectivity index (χ3n) is 5.21. The van der Waals surface area contributed by atoms with Gasteiger partial charge in [-0.25, -0.2) is 4.39 Å². The average molecular weight is 347 g/mol. The second-order valence-corrected chi connectivity index (χ2v) is 6.93. The number of hydrogen-bond acceptors (Lipinski definition) is 5. The molecule has 1 aromatic carbocycles. The second kappa shape index (κ2) is 6.00. The van der Waals surface area contributed by atoms with Crippen LogP contribution in [-0.4, -0.2) is 54.4 Å². The van der Waals surface area contributed by atoms with Crippen molar-refractivity contribution in [2.75, 3.05) is 44.7 Å². The van der Waals surface area contributed by atoms with Crippen LogP contribution in [0.3, 0.4) is 0 Å². The zero-order valence-electron chi connectivity index (χ0n) is 14.5. The fraction of sp³-hybridized carbons (Fsp3) is 0.500. The molecule has 3 heterocycles. The van der Waals surface area contributed by atoms with Gasteiger partial charge in [0.05, 0.1) is 23.6 Å². The molecule has 0 radical (unpaired) electrons. The van der Waals surface area contributed by atoms with Crippen LogP contribution in [0.1, 0.15) is 18.5 Å². The maximum Gasteiger partial charge on any atom is 0.195 e. The van der Waals surface area contributed by atoms with Crippen LogP contribution in [-0.2, 0) is 6.61 Å². The average Bonchev–Trinajstić information content (AvgIpc) is 2.60. The molecule has 134 valence electrons. The van der Waals surface area contributed by atoms with Crippen LogP contribution in [0.4, 0.5) is 10.1 Å². The van der Waals surface area contributed by atoms with E-state index in [1.165, 1.54) is 6.07 Å². The normalized spacial score (nSPS) is 20.8. The molecule has 6 nitrogen and oxygen atoms in total. The number of benzene rings is 1. The van der Waals surface area contributed by atoms with E-state index in [1.54, 1.807) is 6.20 Å². The number of nitrogens with zero attached hydrogens (tertiary/aromatic N) is 3. The summed E-state index contributed by atoms with van der Waals surface area (Å²) in [6, 6.07) is 1.30. The van der Waals surface area contributed by atoms with E-state index in [1.807, 2.05) is 23.4 Å². The Hall–Kier alpha value is -2.12. The lowest BCUT2D eigenvalue weighted by Crippen LogP contribution is -2.45. The molecule has 2 aliphatic rings. The Morgan fingerprint density at radius 1 is 1.32 bits per heavy atom. The first-order valence-electron chi connectivity index (χ1n) is 8.58. The number of anilines is 1. The second-order valence-electron chi connectivity index (χ2n) is 6.93. The van der Waals surface area contributed by atoms with Gasteiger partial charge in [0.25, 0.3) is 0 Å². The quantitative estimate of drug-likeness (QED) is 0.888. The van der Waals surface area contributed by atoms with E-state index in [4.69, 9.17) is 4.74 Å². The minimum absolute atomic E-state index is 0.00620. The topological polar surface area (TPSA) is 57.9 Å². The van der Waals surface area contributed by atoms with Crippen LogP contribution < -0.4 is 15.1 Å². The predicted octanol–water partition coefficient (Wildman–Crippen LogP) is 1.34. The van der Waals surface area contributed by atoms with Gasteiger partial charge in [0.15, 0.2) is 17.0 Å². The van der Waals surface area contributed by atoms with Gasteiger partial charge in [0.2, 0.25) is 0 Å². The Morgan fingerprint density at radius 3 is 2.72 bits per heavy atom. The van der Waals surface area contributed by atoms with Gasteiger partial charge in [0.1, 0.15) is 12.3 Å². The minimum Gasteiger partial charge on any atom is -0.487 e. The third-order valence-corrected chi connectivity index (χ3v) is 5.21. The molecule has 2 aliphatic heterocycles. The van der Waals surface area contributed by atoms with Crippen molar-refractivity contribution < 1.29 is 14.2 Å². The lowest BCUT2D eigenvalue weighted by molar-refractivity contribution is 0.242. The summed E-state index contributed by atoms with van der Waals surface area (Å²) in [4.78, 5) is 16.8. The molecule has 0 amide bonds. The molecule has 4 rings (SSSR count). The molecule has 0 spiro atoms. The molecule has 0 aliphatic carbocycles. The van der Waals surface area contributed by atoms with Gasteiger partial charge >= 0.3 is 0 Å². The summed E-state index contributed by atoms with van der Waals surface area (Å²) >= 11 is 0. The molecule has 7 heteroatoms. The first kappa shape index (κ1) is 16.4. The molecule has 2 aromatic rings. The van der Waals surface area contributed by atoms with E-state index < -0.39 is 5.82 Å². The van der Waals surface area contributed by atoms with Crippen molar-refractivity contribution in [3.63, 3.8) is 0 Å². The van der Waals surface area contributed by atoms with Crippen molar-refractivity contribution in [2.24, 2.45) is 0 Å². The summed E-state index contributed by atoms with van der Waals surface area (Å²) in [5, 5.41) is 9.74. The first-order valence-corrected chi connectivity index (χ1v) is 8.58. The smallest absolute Gasteiger partial charge is 0.195 e. The fourth-order valence-corrected chi connectivity index (χ4v) is 3.71. The van der Waals surface area contributed by atoms with E-state index in [-0.39, 0.29) is 29.0 Å². The van der Waals surface area contributed by atoms with E-state index in [0.29, 0.717) is 36.6 Å². The number of hydrogen-bond donors (Lipinski definition) is 1. The lowest BCUT2D eigenvalue weighted by Gasteiger charge is -2.37. The van der Waals surface area contributed by atoms with Crippen LogP contribution in [0.15, 0.2) is 17.1 Å². The summed E-state index contributed by atoms with van der Waals surface area (Å²) < 4.78 is 22.8. The minimum atomic E-state index is -0.444. The van der Waals surface area contributed by atoms with Crippen molar-refractivity contribution in [1.82, 2.24) is 9.47 Å². The summed E-state index contributed by atoms with van der Waals surface area (Å²) in [5.41, 5.74) is 1.00. The largest absolute Gasteiger partial charge is 0.487 e. The Labute approximate surface area is 145 Å². The Bertz CT molecular complexity index is 887. The van der Waals surface area contributed by atoms with Gasteiger partial charge < -0.3 is 24.2 Å². The molecule has 0 bridgehead atoms. The van der Waals surface area contributed by atoms with Gasteiger partial charge in [-0.1, -0.05) is 0 Å². The van der Waals surface area contributed by atoms with Gasteiger partial charge in [-0.2, -0.15) is 0 Å². The summed E-state index contributed by atoms with van der Waals surface area (Å²) in [6.45, 7) is 5.15. The van der Waals surface area contributed by atoms with Crippen molar-refractivity contribution in [1.29, 1.82) is 0 Å². The molecular formula is C18H22FN3O3. The van der Waals surface area contributed by atoms with Crippen LogP contribution in [0.2, 0.25) is 0 Å². The molecule has 0 unspecified atom stereocenters. The van der Waals surface area contributed by atoms with E-state index in [0.717, 1.165) is 13.1 Å². The zero-order chi connectivity index (χ0) is 17.7. The maximum absolute atomic E-state index is 15.0. The Morgan fingerprint density at radius 2 is 2.04 bits per heavy atom. The van der Waals surface area contributed by atoms with Crippen LogP contribution >= 0.6 is 0 Å². The van der Waals surface area contributed by atoms with Crippen LogP contribution in [0, 0.1) is 5.82 Å². The number of aliphatic hydroxyl groups is 1. The van der Waals surface area contributed by atoms with Gasteiger partial charge in [-0.3, -0.25) is 4.79 Å². The molecule has 1 aromatic heterocycles. The number of piperazine rings is 1. The number of ether oxygens (including phenoxy) is 1. The summed E-state index contributed by atoms with van der Waals surface area (Å²) in [6.07, 6.45) is 1.67.